The molecule has 0 aliphatic rings. The number of benzene rings is 1. The summed E-state index contributed by atoms with van der Waals surface area (Å²) in [6.45, 7) is 1.88. The van der Waals surface area contributed by atoms with E-state index in [0.717, 1.165) is 22.4 Å². The molecule has 6 heteroatoms. The zero-order valence-electron chi connectivity index (χ0n) is 10.5. The molecule has 0 saturated carbocycles. The quantitative estimate of drug-likeness (QED) is 0.734. The predicted octanol–water partition coefficient (Wildman–Crippen LogP) is 1.97. The van der Waals surface area contributed by atoms with Gasteiger partial charge >= 0.3 is 5.97 Å². The van der Waals surface area contributed by atoms with Crippen LogP contribution in [-0.2, 0) is 7.05 Å². The molecule has 0 bridgehead atoms. The van der Waals surface area contributed by atoms with Gasteiger partial charge in [0.05, 0.1) is 22.9 Å². The van der Waals surface area contributed by atoms with Gasteiger partial charge in [0.1, 0.15) is 11.4 Å². The summed E-state index contributed by atoms with van der Waals surface area (Å²) < 4.78 is 1.56. The van der Waals surface area contributed by atoms with Crippen LogP contribution in [0.3, 0.4) is 0 Å². The SMILES string of the molecule is Cc1nc2ccc(-c3c(C(=O)O)cnn3C)cc2[nH]1. The van der Waals surface area contributed by atoms with E-state index < -0.39 is 5.97 Å². The number of nitrogens with zero attached hydrogens (tertiary/aromatic N) is 3. The minimum absolute atomic E-state index is 0.193. The van der Waals surface area contributed by atoms with Gasteiger partial charge in [-0.1, -0.05) is 6.07 Å². The molecule has 0 amide bonds. The second kappa shape index (κ2) is 3.94. The smallest absolute Gasteiger partial charge is 0.339 e. The van der Waals surface area contributed by atoms with Crippen molar-refractivity contribution in [3.05, 3.63) is 35.8 Å². The van der Waals surface area contributed by atoms with E-state index in [2.05, 4.69) is 15.1 Å². The van der Waals surface area contributed by atoms with Crippen molar-refractivity contribution in [3.8, 4) is 11.3 Å². The highest BCUT2D eigenvalue weighted by atomic mass is 16.4. The summed E-state index contributed by atoms with van der Waals surface area (Å²) in [4.78, 5) is 18.7. The number of aromatic nitrogens is 4. The van der Waals surface area contributed by atoms with Crippen LogP contribution < -0.4 is 0 Å². The highest BCUT2D eigenvalue weighted by Crippen LogP contribution is 2.26. The highest BCUT2D eigenvalue weighted by Gasteiger charge is 2.17. The number of nitrogens with one attached hydrogen (secondary N) is 1. The number of imidazole rings is 1. The molecule has 3 rings (SSSR count). The van der Waals surface area contributed by atoms with E-state index in [-0.39, 0.29) is 5.56 Å². The van der Waals surface area contributed by atoms with Crippen molar-refractivity contribution in [3.63, 3.8) is 0 Å². The van der Waals surface area contributed by atoms with Crippen LogP contribution in [0.1, 0.15) is 16.2 Å². The number of aryl methyl sites for hydroxylation is 2. The van der Waals surface area contributed by atoms with Crippen LogP contribution in [0.5, 0.6) is 0 Å². The maximum absolute atomic E-state index is 11.2. The molecule has 2 N–H and O–H groups in total. The second-order valence-corrected chi connectivity index (χ2v) is 4.39. The molecule has 0 radical (unpaired) electrons. The molecule has 19 heavy (non-hydrogen) atoms. The Morgan fingerprint density at radius 2 is 2.21 bits per heavy atom. The fourth-order valence-electron chi connectivity index (χ4n) is 2.22. The Hall–Kier alpha value is -2.63. The topological polar surface area (TPSA) is 83.8 Å². The van der Waals surface area contributed by atoms with Gasteiger partial charge in [0, 0.05) is 12.6 Å². The molecule has 0 unspecified atom stereocenters. The van der Waals surface area contributed by atoms with Crippen LogP contribution >= 0.6 is 0 Å². The van der Waals surface area contributed by atoms with Crippen LogP contribution in [0.2, 0.25) is 0 Å². The van der Waals surface area contributed by atoms with E-state index in [0.29, 0.717) is 5.69 Å². The Morgan fingerprint density at radius 3 is 2.95 bits per heavy atom. The first-order valence-corrected chi connectivity index (χ1v) is 5.78. The van der Waals surface area contributed by atoms with Gasteiger partial charge in [0.15, 0.2) is 0 Å². The summed E-state index contributed by atoms with van der Waals surface area (Å²) in [5, 5.41) is 13.2. The van der Waals surface area contributed by atoms with E-state index in [1.807, 2.05) is 25.1 Å². The third-order valence-corrected chi connectivity index (χ3v) is 3.04. The third-order valence-electron chi connectivity index (χ3n) is 3.04. The highest BCUT2D eigenvalue weighted by molar-refractivity contribution is 5.95. The van der Waals surface area contributed by atoms with E-state index in [1.165, 1.54) is 6.20 Å². The molecular weight excluding hydrogens is 244 g/mol. The first kappa shape index (κ1) is 11.5. The van der Waals surface area contributed by atoms with Crippen molar-refractivity contribution in [2.75, 3.05) is 0 Å². The summed E-state index contributed by atoms with van der Waals surface area (Å²) in [6.07, 6.45) is 1.36. The molecule has 0 fully saturated rings. The lowest BCUT2D eigenvalue weighted by Crippen LogP contribution is -2.00. The first-order valence-electron chi connectivity index (χ1n) is 5.78. The number of hydrogen-bond donors (Lipinski definition) is 2. The molecule has 96 valence electrons. The average molecular weight is 256 g/mol. The number of hydrogen-bond acceptors (Lipinski definition) is 3. The molecule has 0 spiro atoms. The zero-order valence-corrected chi connectivity index (χ0v) is 10.5. The lowest BCUT2D eigenvalue weighted by molar-refractivity contribution is 0.0697. The van der Waals surface area contributed by atoms with Gasteiger partial charge in [-0.2, -0.15) is 5.10 Å². The number of carbonyl (C=O) groups is 1. The standard InChI is InChI=1S/C13H12N4O2/c1-7-15-10-4-3-8(5-11(10)16-7)12-9(13(18)19)6-14-17(12)2/h3-6H,1-2H3,(H,15,16)(H,18,19). The summed E-state index contributed by atoms with van der Waals surface area (Å²) in [5.74, 6) is -0.153. The van der Waals surface area contributed by atoms with Gasteiger partial charge in [-0.25, -0.2) is 9.78 Å². The average Bonchev–Trinajstić information content (AvgIpc) is 2.89. The fourth-order valence-corrected chi connectivity index (χ4v) is 2.22. The molecule has 3 aromatic rings. The van der Waals surface area contributed by atoms with Gasteiger partial charge in [0.25, 0.3) is 0 Å². The Morgan fingerprint density at radius 1 is 1.42 bits per heavy atom. The van der Waals surface area contributed by atoms with Crippen LogP contribution in [0.15, 0.2) is 24.4 Å². The summed E-state index contributed by atoms with van der Waals surface area (Å²) >= 11 is 0. The number of carboxylic acids is 1. The van der Waals surface area contributed by atoms with Crippen molar-refractivity contribution in [1.29, 1.82) is 0 Å². The molecule has 6 nitrogen and oxygen atoms in total. The molecule has 1 aromatic carbocycles. The predicted molar refractivity (Wildman–Crippen MR) is 70.0 cm³/mol. The largest absolute Gasteiger partial charge is 0.478 e. The number of fused-ring (bicyclic) bond motifs is 1. The molecule has 0 aliphatic heterocycles. The number of carboxylic acid groups (broad SMARTS) is 1. The molecule has 2 aromatic heterocycles. The van der Waals surface area contributed by atoms with Gasteiger partial charge in [-0.15, -0.1) is 0 Å². The van der Waals surface area contributed by atoms with E-state index in [1.54, 1.807) is 11.7 Å². The Bertz CT molecular complexity index is 785. The Kier molecular flexibility index (Phi) is 2.38. The van der Waals surface area contributed by atoms with Gasteiger partial charge < -0.3 is 10.1 Å². The molecule has 0 saturated heterocycles. The minimum Gasteiger partial charge on any atom is -0.478 e. The van der Waals surface area contributed by atoms with E-state index in [9.17, 15) is 9.90 Å². The number of aromatic amines is 1. The minimum atomic E-state index is -0.982. The Balaban J connectivity index is 2.23. The van der Waals surface area contributed by atoms with E-state index in [4.69, 9.17) is 0 Å². The van der Waals surface area contributed by atoms with Gasteiger partial charge in [0.2, 0.25) is 0 Å². The summed E-state index contributed by atoms with van der Waals surface area (Å²) in [5.41, 5.74) is 3.32. The van der Waals surface area contributed by atoms with Crippen molar-refractivity contribution in [2.24, 2.45) is 7.05 Å². The second-order valence-electron chi connectivity index (χ2n) is 4.39. The van der Waals surface area contributed by atoms with Gasteiger partial charge in [-0.3, -0.25) is 4.68 Å². The van der Waals surface area contributed by atoms with Crippen LogP contribution in [-0.4, -0.2) is 30.8 Å². The van der Waals surface area contributed by atoms with Crippen molar-refractivity contribution in [2.45, 2.75) is 6.92 Å². The van der Waals surface area contributed by atoms with Crippen molar-refractivity contribution in [1.82, 2.24) is 19.7 Å². The molecule has 0 atom stereocenters. The van der Waals surface area contributed by atoms with E-state index >= 15 is 0 Å². The van der Waals surface area contributed by atoms with Crippen molar-refractivity contribution >= 4 is 17.0 Å². The number of aromatic carboxylic acids is 1. The number of rotatable bonds is 2. The van der Waals surface area contributed by atoms with Crippen molar-refractivity contribution < 1.29 is 9.90 Å². The molecule has 0 aliphatic carbocycles. The van der Waals surface area contributed by atoms with Crippen LogP contribution in [0.25, 0.3) is 22.3 Å². The lowest BCUT2D eigenvalue weighted by atomic mass is 10.1. The fraction of sp³-hybridized carbons (Fsp3) is 0.154. The lowest BCUT2D eigenvalue weighted by Gasteiger charge is -2.04. The molecular formula is C13H12N4O2. The number of H-pyrrole nitrogens is 1. The normalized spacial score (nSPS) is 11.1. The maximum atomic E-state index is 11.2. The van der Waals surface area contributed by atoms with Crippen LogP contribution in [0.4, 0.5) is 0 Å². The molecule has 2 heterocycles. The zero-order chi connectivity index (χ0) is 13.6. The Labute approximate surface area is 108 Å². The van der Waals surface area contributed by atoms with Gasteiger partial charge in [-0.05, 0) is 19.1 Å². The summed E-state index contributed by atoms with van der Waals surface area (Å²) in [6, 6.07) is 5.61. The maximum Gasteiger partial charge on any atom is 0.339 e. The monoisotopic (exact) mass is 256 g/mol. The third kappa shape index (κ3) is 1.77. The summed E-state index contributed by atoms with van der Waals surface area (Å²) in [7, 11) is 1.73. The van der Waals surface area contributed by atoms with Crippen LogP contribution in [0, 0.1) is 6.92 Å². The first-order chi connectivity index (χ1) is 9.06.